The lowest BCUT2D eigenvalue weighted by Gasteiger charge is -2.11. The van der Waals surface area contributed by atoms with Crippen LogP contribution in [0.25, 0.3) is 22.6 Å². The summed E-state index contributed by atoms with van der Waals surface area (Å²) in [7, 11) is 0. The number of H-pyrrole nitrogens is 1. The van der Waals surface area contributed by atoms with Crippen LogP contribution in [0.5, 0.6) is 5.75 Å². The molecule has 0 aliphatic carbocycles. The van der Waals surface area contributed by atoms with Crippen molar-refractivity contribution in [3.8, 4) is 17.1 Å². The fourth-order valence-corrected chi connectivity index (χ4v) is 2.91. The molecule has 0 atom stereocenters. The first-order chi connectivity index (χ1) is 13.1. The van der Waals surface area contributed by atoms with E-state index in [1.807, 2.05) is 16.7 Å². The van der Waals surface area contributed by atoms with Crippen LogP contribution in [0.15, 0.2) is 43.0 Å². The summed E-state index contributed by atoms with van der Waals surface area (Å²) in [6, 6.07) is 7.46. The van der Waals surface area contributed by atoms with Crippen LogP contribution in [-0.2, 0) is 6.42 Å². The molecule has 0 radical (unpaired) electrons. The summed E-state index contributed by atoms with van der Waals surface area (Å²) in [5.41, 5.74) is 3.51. The molecular formula is C19H21N7O. The number of rotatable bonds is 6. The van der Waals surface area contributed by atoms with Gasteiger partial charge in [0.1, 0.15) is 11.3 Å². The first-order valence-corrected chi connectivity index (χ1v) is 8.87. The molecular weight excluding hydrogens is 342 g/mol. The van der Waals surface area contributed by atoms with E-state index in [0.717, 1.165) is 28.7 Å². The molecule has 0 saturated heterocycles. The number of anilines is 1. The minimum atomic E-state index is 0.243. The zero-order valence-electron chi connectivity index (χ0n) is 15.2. The highest BCUT2D eigenvalue weighted by Gasteiger charge is 2.16. The van der Waals surface area contributed by atoms with E-state index in [2.05, 4.69) is 39.3 Å². The monoisotopic (exact) mass is 363 g/mol. The molecule has 27 heavy (non-hydrogen) atoms. The number of imidazole rings is 1. The van der Waals surface area contributed by atoms with Gasteiger partial charge in [0, 0.05) is 18.8 Å². The number of phenols is 1. The molecule has 0 aliphatic rings. The van der Waals surface area contributed by atoms with Crippen LogP contribution in [0, 0.1) is 0 Å². The van der Waals surface area contributed by atoms with Crippen LogP contribution in [0.1, 0.15) is 25.5 Å². The number of aromatic hydroxyl groups is 1. The lowest BCUT2D eigenvalue weighted by Crippen LogP contribution is -2.09. The maximum absolute atomic E-state index is 9.40. The number of nitrogens with one attached hydrogen (secondary N) is 2. The first-order valence-electron chi connectivity index (χ1n) is 8.87. The number of hydrogen-bond donors (Lipinski definition) is 3. The van der Waals surface area contributed by atoms with E-state index < -0.39 is 0 Å². The van der Waals surface area contributed by atoms with Crippen molar-refractivity contribution in [2.75, 3.05) is 11.9 Å². The third-order valence-corrected chi connectivity index (χ3v) is 4.38. The Hall–Kier alpha value is -3.42. The lowest BCUT2D eigenvalue weighted by atomic mass is 10.1. The Morgan fingerprint density at radius 2 is 2.00 bits per heavy atom. The summed E-state index contributed by atoms with van der Waals surface area (Å²) in [5, 5.41) is 19.6. The van der Waals surface area contributed by atoms with Crippen molar-refractivity contribution >= 4 is 17.0 Å². The summed E-state index contributed by atoms with van der Waals surface area (Å²) in [6.45, 7) is 4.88. The van der Waals surface area contributed by atoms with Gasteiger partial charge in [0.05, 0.1) is 18.1 Å². The molecule has 3 heterocycles. The van der Waals surface area contributed by atoms with Gasteiger partial charge in [-0.15, -0.1) is 0 Å². The van der Waals surface area contributed by atoms with Crippen molar-refractivity contribution in [2.24, 2.45) is 0 Å². The Kier molecular flexibility index (Phi) is 4.45. The van der Waals surface area contributed by atoms with Crippen molar-refractivity contribution in [2.45, 2.75) is 26.3 Å². The van der Waals surface area contributed by atoms with Gasteiger partial charge in [-0.25, -0.2) is 15.0 Å². The largest absolute Gasteiger partial charge is 0.508 e. The number of fused-ring (bicyclic) bond motifs is 1. The van der Waals surface area contributed by atoms with Gasteiger partial charge in [-0.3, -0.25) is 5.10 Å². The van der Waals surface area contributed by atoms with Crippen molar-refractivity contribution in [1.82, 2.24) is 29.7 Å². The Morgan fingerprint density at radius 3 is 2.70 bits per heavy atom. The van der Waals surface area contributed by atoms with E-state index in [1.54, 1.807) is 30.9 Å². The third-order valence-electron chi connectivity index (χ3n) is 4.38. The number of hydrogen-bond acceptors (Lipinski definition) is 6. The summed E-state index contributed by atoms with van der Waals surface area (Å²) in [4.78, 5) is 13.9. The van der Waals surface area contributed by atoms with E-state index in [1.165, 1.54) is 0 Å². The predicted octanol–water partition coefficient (Wildman–Crippen LogP) is 3.16. The Labute approximate surface area is 156 Å². The molecule has 0 saturated carbocycles. The van der Waals surface area contributed by atoms with E-state index in [-0.39, 0.29) is 11.8 Å². The summed E-state index contributed by atoms with van der Waals surface area (Å²) in [6.07, 6.45) is 6.08. The normalized spacial score (nSPS) is 11.4. The SMILES string of the molecule is CC(C)n1cnc2c(NCCc3ccc(O)cc3)nc(-c3cn[nH]c3)nc21. The zero-order chi connectivity index (χ0) is 18.8. The van der Waals surface area contributed by atoms with Gasteiger partial charge in [0.25, 0.3) is 0 Å². The number of aromatic nitrogens is 6. The van der Waals surface area contributed by atoms with Gasteiger partial charge in [-0.1, -0.05) is 12.1 Å². The van der Waals surface area contributed by atoms with Gasteiger partial charge in [0.2, 0.25) is 0 Å². The molecule has 0 amide bonds. The van der Waals surface area contributed by atoms with Crippen LogP contribution in [0.2, 0.25) is 0 Å². The molecule has 8 nitrogen and oxygen atoms in total. The second kappa shape index (κ2) is 7.06. The molecule has 1 aromatic carbocycles. The summed E-state index contributed by atoms with van der Waals surface area (Å²) in [5.74, 6) is 1.58. The van der Waals surface area contributed by atoms with Crippen molar-refractivity contribution < 1.29 is 5.11 Å². The van der Waals surface area contributed by atoms with E-state index >= 15 is 0 Å². The van der Waals surface area contributed by atoms with Crippen LogP contribution in [0.3, 0.4) is 0 Å². The van der Waals surface area contributed by atoms with Crippen molar-refractivity contribution in [3.63, 3.8) is 0 Å². The molecule has 0 spiro atoms. The molecule has 0 fully saturated rings. The maximum atomic E-state index is 9.40. The Balaban J connectivity index is 1.65. The highest BCUT2D eigenvalue weighted by Crippen LogP contribution is 2.25. The van der Waals surface area contributed by atoms with Crippen molar-refractivity contribution in [3.05, 3.63) is 48.5 Å². The van der Waals surface area contributed by atoms with Crippen LogP contribution < -0.4 is 5.32 Å². The standard InChI is InChI=1S/C19H21N7O/c1-12(2)26-11-21-16-18(20-8-7-13-3-5-15(27)6-4-13)24-17(25-19(16)26)14-9-22-23-10-14/h3-6,9-12,27H,7-8H2,1-2H3,(H,22,23)(H,20,24,25). The second-order valence-corrected chi connectivity index (χ2v) is 6.64. The fourth-order valence-electron chi connectivity index (χ4n) is 2.91. The van der Waals surface area contributed by atoms with Crippen LogP contribution >= 0.6 is 0 Å². The lowest BCUT2D eigenvalue weighted by molar-refractivity contribution is 0.475. The second-order valence-electron chi connectivity index (χ2n) is 6.64. The quantitative estimate of drug-likeness (QED) is 0.486. The van der Waals surface area contributed by atoms with Gasteiger partial charge >= 0.3 is 0 Å². The summed E-state index contributed by atoms with van der Waals surface area (Å²) < 4.78 is 2.03. The van der Waals surface area contributed by atoms with Crippen LogP contribution in [0.4, 0.5) is 5.82 Å². The molecule has 0 bridgehead atoms. The minimum absolute atomic E-state index is 0.243. The van der Waals surface area contributed by atoms with Gasteiger partial charge in [-0.2, -0.15) is 5.10 Å². The number of aromatic amines is 1. The average molecular weight is 363 g/mol. The maximum Gasteiger partial charge on any atom is 0.167 e. The predicted molar refractivity (Wildman–Crippen MR) is 104 cm³/mol. The fraction of sp³-hybridized carbons (Fsp3) is 0.263. The van der Waals surface area contributed by atoms with E-state index in [9.17, 15) is 5.11 Å². The minimum Gasteiger partial charge on any atom is -0.508 e. The summed E-state index contributed by atoms with van der Waals surface area (Å²) >= 11 is 0. The first kappa shape index (κ1) is 17.0. The molecule has 3 aromatic heterocycles. The van der Waals surface area contributed by atoms with Gasteiger partial charge < -0.3 is 15.0 Å². The van der Waals surface area contributed by atoms with Gasteiger partial charge in [0.15, 0.2) is 17.3 Å². The Morgan fingerprint density at radius 1 is 1.19 bits per heavy atom. The third kappa shape index (κ3) is 3.46. The molecule has 4 aromatic rings. The molecule has 3 N–H and O–H groups in total. The van der Waals surface area contributed by atoms with Crippen LogP contribution in [-0.4, -0.2) is 41.4 Å². The van der Waals surface area contributed by atoms with E-state index in [4.69, 9.17) is 4.98 Å². The Bertz CT molecular complexity index is 1040. The number of benzene rings is 1. The highest BCUT2D eigenvalue weighted by atomic mass is 16.3. The molecule has 138 valence electrons. The molecule has 8 heteroatoms. The highest BCUT2D eigenvalue weighted by molar-refractivity contribution is 5.85. The molecule has 4 rings (SSSR count). The zero-order valence-corrected chi connectivity index (χ0v) is 15.2. The van der Waals surface area contributed by atoms with Crippen molar-refractivity contribution in [1.29, 1.82) is 0 Å². The molecule has 0 aliphatic heterocycles. The molecule has 0 unspecified atom stereocenters. The smallest absolute Gasteiger partial charge is 0.167 e. The number of phenolic OH excluding ortho intramolecular Hbond substituents is 1. The topological polar surface area (TPSA) is 105 Å². The van der Waals surface area contributed by atoms with Gasteiger partial charge in [-0.05, 0) is 38.0 Å². The number of nitrogens with zero attached hydrogens (tertiary/aromatic N) is 5. The van der Waals surface area contributed by atoms with E-state index in [0.29, 0.717) is 18.2 Å². The average Bonchev–Trinajstić information content (AvgIpc) is 3.33.